The molecular formula is C25H27NO4. The summed E-state index contributed by atoms with van der Waals surface area (Å²) in [5.74, 6) is -0.191. The summed E-state index contributed by atoms with van der Waals surface area (Å²) in [6, 6.07) is 19.5. The number of aryl methyl sites for hydroxylation is 2. The minimum absolute atomic E-state index is 0.219. The summed E-state index contributed by atoms with van der Waals surface area (Å²) in [5.41, 5.74) is 4.79. The Labute approximate surface area is 177 Å². The standard InChI is InChI=1S/C25H27NO4/c1-4-20-10-12-22(13-11-20)29-17-25(28)30-16-24(27)23-14-18(2)26(19(23)3)15-21-8-6-5-7-9-21/h5-14H,4,15-17H2,1-3H3. The predicted octanol–water partition coefficient (Wildman–Crippen LogP) is 4.52. The first-order chi connectivity index (χ1) is 14.5. The van der Waals surface area contributed by atoms with Gasteiger partial charge in [-0.1, -0.05) is 49.4 Å². The van der Waals surface area contributed by atoms with Crippen LogP contribution in [0.1, 0.15) is 39.8 Å². The Morgan fingerprint density at radius 1 is 0.900 bits per heavy atom. The molecule has 0 atom stereocenters. The van der Waals surface area contributed by atoms with Crippen molar-refractivity contribution < 1.29 is 19.1 Å². The third kappa shape index (κ3) is 5.38. The second kappa shape index (κ2) is 9.92. The molecule has 5 heteroatoms. The normalized spacial score (nSPS) is 10.6. The Balaban J connectivity index is 1.54. The third-order valence-electron chi connectivity index (χ3n) is 5.11. The molecule has 1 heterocycles. The molecule has 0 saturated heterocycles. The van der Waals surface area contributed by atoms with Gasteiger partial charge < -0.3 is 14.0 Å². The summed E-state index contributed by atoms with van der Waals surface area (Å²) in [6.45, 7) is 6.11. The van der Waals surface area contributed by atoms with E-state index in [4.69, 9.17) is 9.47 Å². The summed E-state index contributed by atoms with van der Waals surface area (Å²) in [4.78, 5) is 24.6. The zero-order chi connectivity index (χ0) is 21.5. The van der Waals surface area contributed by atoms with Crippen LogP contribution >= 0.6 is 0 Å². The zero-order valence-corrected chi connectivity index (χ0v) is 17.7. The van der Waals surface area contributed by atoms with Crippen molar-refractivity contribution in [3.63, 3.8) is 0 Å². The van der Waals surface area contributed by atoms with Crippen molar-refractivity contribution in [3.05, 3.63) is 88.7 Å². The van der Waals surface area contributed by atoms with Crippen LogP contribution in [0, 0.1) is 13.8 Å². The lowest BCUT2D eigenvalue weighted by Crippen LogP contribution is -2.20. The average molecular weight is 405 g/mol. The van der Waals surface area contributed by atoms with Gasteiger partial charge in [0.2, 0.25) is 5.78 Å². The lowest BCUT2D eigenvalue weighted by Gasteiger charge is -2.10. The van der Waals surface area contributed by atoms with Crippen molar-refractivity contribution in [2.75, 3.05) is 13.2 Å². The van der Waals surface area contributed by atoms with Crippen LogP contribution in [0.5, 0.6) is 5.75 Å². The molecule has 0 aliphatic heterocycles. The van der Waals surface area contributed by atoms with Crippen LogP contribution in [-0.4, -0.2) is 29.5 Å². The quantitative estimate of drug-likeness (QED) is 0.388. The molecule has 0 radical (unpaired) electrons. The van der Waals surface area contributed by atoms with Gasteiger partial charge in [-0.15, -0.1) is 0 Å². The monoisotopic (exact) mass is 405 g/mol. The molecule has 0 unspecified atom stereocenters. The Morgan fingerprint density at radius 2 is 1.60 bits per heavy atom. The number of carbonyl (C=O) groups is 2. The summed E-state index contributed by atoms with van der Waals surface area (Å²) >= 11 is 0. The van der Waals surface area contributed by atoms with E-state index in [2.05, 4.69) is 23.6 Å². The number of hydrogen-bond donors (Lipinski definition) is 0. The van der Waals surface area contributed by atoms with E-state index in [1.807, 2.05) is 62.4 Å². The highest BCUT2D eigenvalue weighted by Crippen LogP contribution is 2.18. The van der Waals surface area contributed by atoms with Crippen LogP contribution < -0.4 is 4.74 Å². The molecule has 156 valence electrons. The molecule has 1 aromatic heterocycles. The Kier molecular flexibility index (Phi) is 7.07. The number of carbonyl (C=O) groups excluding carboxylic acids is 2. The second-order valence-electron chi connectivity index (χ2n) is 7.23. The first-order valence-corrected chi connectivity index (χ1v) is 10.1. The highest BCUT2D eigenvalue weighted by molar-refractivity contribution is 5.99. The predicted molar refractivity (Wildman–Crippen MR) is 116 cm³/mol. The Morgan fingerprint density at radius 3 is 2.27 bits per heavy atom. The number of nitrogens with zero attached hydrogens (tertiary/aromatic N) is 1. The highest BCUT2D eigenvalue weighted by atomic mass is 16.6. The number of benzene rings is 2. The lowest BCUT2D eigenvalue weighted by atomic mass is 10.1. The van der Waals surface area contributed by atoms with E-state index in [-0.39, 0.29) is 19.0 Å². The van der Waals surface area contributed by atoms with E-state index in [0.29, 0.717) is 17.9 Å². The molecule has 3 rings (SSSR count). The maximum Gasteiger partial charge on any atom is 0.344 e. The maximum absolute atomic E-state index is 12.6. The van der Waals surface area contributed by atoms with Crippen LogP contribution in [0.2, 0.25) is 0 Å². The molecule has 30 heavy (non-hydrogen) atoms. The fourth-order valence-corrected chi connectivity index (χ4v) is 3.32. The Bertz CT molecular complexity index is 1000. The number of hydrogen-bond acceptors (Lipinski definition) is 4. The smallest absolute Gasteiger partial charge is 0.344 e. The van der Waals surface area contributed by atoms with Gasteiger partial charge in [0.25, 0.3) is 0 Å². The molecule has 0 N–H and O–H groups in total. The van der Waals surface area contributed by atoms with Gasteiger partial charge in [-0.3, -0.25) is 4.79 Å². The molecule has 0 saturated carbocycles. The van der Waals surface area contributed by atoms with Gasteiger partial charge in [-0.2, -0.15) is 0 Å². The number of aromatic nitrogens is 1. The Hall–Kier alpha value is -3.34. The van der Waals surface area contributed by atoms with Gasteiger partial charge in [-0.25, -0.2) is 4.79 Å². The van der Waals surface area contributed by atoms with Crippen LogP contribution in [-0.2, 0) is 22.5 Å². The van der Waals surface area contributed by atoms with E-state index in [9.17, 15) is 9.59 Å². The maximum atomic E-state index is 12.6. The summed E-state index contributed by atoms with van der Waals surface area (Å²) in [7, 11) is 0. The molecule has 0 amide bonds. The van der Waals surface area contributed by atoms with E-state index < -0.39 is 5.97 Å². The molecule has 2 aromatic carbocycles. The molecule has 0 aliphatic rings. The number of rotatable bonds is 9. The first-order valence-electron chi connectivity index (χ1n) is 10.1. The number of Topliss-reactive ketones (excluding diaryl/α,β-unsaturated/α-hetero) is 1. The SMILES string of the molecule is CCc1ccc(OCC(=O)OCC(=O)c2cc(C)n(Cc3ccccc3)c2C)cc1. The molecule has 5 nitrogen and oxygen atoms in total. The van der Waals surface area contributed by atoms with Gasteiger partial charge in [0, 0.05) is 23.5 Å². The molecule has 0 fully saturated rings. The van der Waals surface area contributed by atoms with Crippen molar-refractivity contribution in [1.82, 2.24) is 4.57 Å². The molecular weight excluding hydrogens is 378 g/mol. The fourth-order valence-electron chi connectivity index (χ4n) is 3.32. The number of esters is 1. The van der Waals surface area contributed by atoms with Crippen molar-refractivity contribution in [2.24, 2.45) is 0 Å². The zero-order valence-electron chi connectivity index (χ0n) is 17.7. The lowest BCUT2D eigenvalue weighted by molar-refractivity contribution is -0.144. The minimum Gasteiger partial charge on any atom is -0.482 e. The molecule has 0 bridgehead atoms. The third-order valence-corrected chi connectivity index (χ3v) is 5.11. The number of ketones is 1. The van der Waals surface area contributed by atoms with Crippen LogP contribution in [0.3, 0.4) is 0 Å². The summed E-state index contributed by atoms with van der Waals surface area (Å²) in [6.07, 6.45) is 0.941. The molecule has 0 aliphatic carbocycles. The summed E-state index contributed by atoms with van der Waals surface area (Å²) < 4.78 is 12.6. The minimum atomic E-state index is -0.569. The van der Waals surface area contributed by atoms with E-state index >= 15 is 0 Å². The van der Waals surface area contributed by atoms with Gasteiger partial charge in [0.05, 0.1) is 0 Å². The van der Waals surface area contributed by atoms with Crippen molar-refractivity contribution in [3.8, 4) is 5.75 Å². The topological polar surface area (TPSA) is 57.5 Å². The van der Waals surface area contributed by atoms with Crippen LogP contribution in [0.25, 0.3) is 0 Å². The number of ether oxygens (including phenoxy) is 2. The van der Waals surface area contributed by atoms with E-state index in [1.165, 1.54) is 5.56 Å². The van der Waals surface area contributed by atoms with E-state index in [0.717, 1.165) is 23.4 Å². The highest BCUT2D eigenvalue weighted by Gasteiger charge is 2.17. The van der Waals surface area contributed by atoms with Crippen molar-refractivity contribution >= 4 is 11.8 Å². The van der Waals surface area contributed by atoms with Gasteiger partial charge in [0.1, 0.15) is 5.75 Å². The molecule has 0 spiro atoms. The van der Waals surface area contributed by atoms with Gasteiger partial charge >= 0.3 is 5.97 Å². The first kappa shape index (κ1) is 21.4. The van der Waals surface area contributed by atoms with Crippen molar-refractivity contribution in [1.29, 1.82) is 0 Å². The van der Waals surface area contributed by atoms with Crippen LogP contribution in [0.15, 0.2) is 60.7 Å². The second-order valence-corrected chi connectivity index (χ2v) is 7.23. The van der Waals surface area contributed by atoms with Crippen molar-refractivity contribution in [2.45, 2.75) is 33.7 Å². The average Bonchev–Trinajstić information content (AvgIpc) is 3.05. The van der Waals surface area contributed by atoms with Crippen LogP contribution in [0.4, 0.5) is 0 Å². The van der Waals surface area contributed by atoms with Gasteiger partial charge in [-0.05, 0) is 49.6 Å². The largest absolute Gasteiger partial charge is 0.482 e. The molecule has 3 aromatic rings. The van der Waals surface area contributed by atoms with E-state index in [1.54, 1.807) is 0 Å². The summed E-state index contributed by atoms with van der Waals surface area (Å²) in [5, 5.41) is 0. The fraction of sp³-hybridized carbons (Fsp3) is 0.280. The van der Waals surface area contributed by atoms with Gasteiger partial charge in [0.15, 0.2) is 13.2 Å².